The highest BCUT2D eigenvalue weighted by atomic mass is 79.9. The molecule has 3 heterocycles. The minimum absolute atomic E-state index is 0.0994. The molecule has 0 saturated carbocycles. The van der Waals surface area contributed by atoms with Gasteiger partial charge in [-0.3, -0.25) is 4.79 Å². The standard InChI is InChI=1S/C26H31BBr2N2O5/c1-14-22(28)16(3)30-24(14)20(25-15(2)23(29)17(4)31(25)27(30,6)34-8)13-36-26-19(12-35-18(5)32)10-9-11-21(26)33-7/h9-11H,12-13H2,1-8H3. The van der Waals surface area contributed by atoms with E-state index in [1.54, 1.807) is 14.2 Å². The number of hydrogen-bond acceptors (Lipinski definition) is 5. The smallest absolute Gasteiger partial charge is 0.512 e. The third-order valence-corrected chi connectivity index (χ3v) is 9.59. The third-order valence-electron chi connectivity index (χ3n) is 7.26. The van der Waals surface area contributed by atoms with E-state index >= 15 is 0 Å². The highest BCUT2D eigenvalue weighted by Crippen LogP contribution is 2.46. The van der Waals surface area contributed by atoms with E-state index in [2.05, 4.69) is 75.3 Å². The number of fused-ring (bicyclic) bond motifs is 2. The molecular weight excluding hydrogens is 591 g/mol. The number of nitrogens with zero attached hydrogens (tertiary/aromatic N) is 2. The Morgan fingerprint density at radius 2 is 1.81 bits per heavy atom. The van der Waals surface area contributed by atoms with E-state index in [-0.39, 0.29) is 19.2 Å². The monoisotopic (exact) mass is 620 g/mol. The van der Waals surface area contributed by atoms with Gasteiger partial charge in [0.05, 0.1) is 17.2 Å². The molecule has 0 fully saturated rings. The first-order chi connectivity index (χ1) is 17.0. The number of allylic oxidation sites excluding steroid dienone is 2. The number of aromatic nitrogens is 1. The minimum Gasteiger partial charge on any atom is -0.514 e. The SMILES string of the molecule is COc1cccc(COC(C)=O)c1OCC1=C2C(C)=C(Br)C(C)=[N+]2[B-](C)(OC)n2c(C)c(Br)c(C)c21. The highest BCUT2D eigenvalue weighted by molar-refractivity contribution is 9.12. The van der Waals surface area contributed by atoms with Gasteiger partial charge in [-0.2, -0.15) is 0 Å². The summed E-state index contributed by atoms with van der Waals surface area (Å²) in [6.07, 6.45) is 0. The van der Waals surface area contributed by atoms with E-state index in [1.807, 2.05) is 18.2 Å². The molecule has 1 atom stereocenters. The van der Waals surface area contributed by atoms with Gasteiger partial charge in [-0.05, 0) is 77.1 Å². The Hall–Kier alpha value is -2.30. The Kier molecular flexibility index (Phi) is 7.34. The second-order valence-corrected chi connectivity index (χ2v) is 10.9. The molecule has 36 heavy (non-hydrogen) atoms. The molecule has 0 amide bonds. The van der Waals surface area contributed by atoms with Gasteiger partial charge >= 0.3 is 12.6 Å². The average Bonchev–Trinajstić information content (AvgIpc) is 3.23. The summed E-state index contributed by atoms with van der Waals surface area (Å²) in [6.45, 7) is 10.7. The van der Waals surface area contributed by atoms with Gasteiger partial charge in [-0.1, -0.05) is 19.0 Å². The average molecular weight is 622 g/mol. The molecule has 1 aromatic heterocycles. The number of halogens is 2. The summed E-state index contributed by atoms with van der Waals surface area (Å²) < 4.78 is 30.3. The van der Waals surface area contributed by atoms with Crippen molar-refractivity contribution in [2.75, 3.05) is 20.8 Å². The van der Waals surface area contributed by atoms with Crippen molar-refractivity contribution in [3.05, 3.63) is 60.9 Å². The van der Waals surface area contributed by atoms with Crippen LogP contribution in [0.25, 0.3) is 5.57 Å². The fourth-order valence-corrected chi connectivity index (χ4v) is 6.26. The maximum atomic E-state index is 11.5. The largest absolute Gasteiger partial charge is 0.514 e. The molecule has 0 N–H and O–H groups in total. The van der Waals surface area contributed by atoms with Gasteiger partial charge in [0.25, 0.3) is 0 Å². The number of carbonyl (C=O) groups excluding carboxylic acids is 1. The Bertz CT molecular complexity index is 1370. The number of esters is 1. The van der Waals surface area contributed by atoms with Crippen molar-refractivity contribution in [3.8, 4) is 11.5 Å². The first-order valence-corrected chi connectivity index (χ1v) is 13.3. The van der Waals surface area contributed by atoms with Crippen molar-refractivity contribution in [3.63, 3.8) is 0 Å². The molecule has 0 aliphatic carbocycles. The van der Waals surface area contributed by atoms with Crippen molar-refractivity contribution in [1.29, 1.82) is 0 Å². The molecular formula is C26H31BBr2N2O5. The summed E-state index contributed by atoms with van der Waals surface area (Å²) in [7, 11) is 3.36. The molecule has 1 unspecified atom stereocenters. The molecule has 0 saturated heterocycles. The molecule has 2 aromatic rings. The van der Waals surface area contributed by atoms with Gasteiger partial charge in [0.15, 0.2) is 17.2 Å². The van der Waals surface area contributed by atoms with Crippen LogP contribution < -0.4 is 9.47 Å². The first kappa shape index (κ1) is 26.8. The van der Waals surface area contributed by atoms with Gasteiger partial charge < -0.3 is 27.8 Å². The lowest BCUT2D eigenvalue weighted by Gasteiger charge is -2.41. The normalized spacial score (nSPS) is 19.1. The molecule has 0 spiro atoms. The molecule has 0 radical (unpaired) electrons. The van der Waals surface area contributed by atoms with Crippen LogP contribution in [0, 0.1) is 13.8 Å². The number of rotatable bonds is 7. The molecule has 2 aliphatic heterocycles. The Labute approximate surface area is 229 Å². The molecule has 192 valence electrons. The summed E-state index contributed by atoms with van der Waals surface area (Å²) >= 11 is 7.62. The lowest BCUT2D eigenvalue weighted by Crippen LogP contribution is -2.57. The Balaban J connectivity index is 1.91. The number of ether oxygens (including phenoxy) is 3. The maximum absolute atomic E-state index is 11.5. The first-order valence-electron chi connectivity index (χ1n) is 11.8. The van der Waals surface area contributed by atoms with Crippen LogP contribution in [0.5, 0.6) is 11.5 Å². The predicted molar refractivity (Wildman–Crippen MR) is 149 cm³/mol. The Morgan fingerprint density at radius 1 is 1.11 bits per heavy atom. The lowest BCUT2D eigenvalue weighted by atomic mass is 9.63. The predicted octanol–water partition coefficient (Wildman–Crippen LogP) is 5.96. The summed E-state index contributed by atoms with van der Waals surface area (Å²) in [5.74, 6) is 0.780. The number of benzene rings is 1. The summed E-state index contributed by atoms with van der Waals surface area (Å²) in [5, 5.41) is 0. The van der Waals surface area contributed by atoms with Crippen molar-refractivity contribution >= 4 is 55.7 Å². The van der Waals surface area contributed by atoms with E-state index in [0.29, 0.717) is 11.5 Å². The highest BCUT2D eigenvalue weighted by Gasteiger charge is 2.51. The molecule has 1 aromatic carbocycles. The van der Waals surface area contributed by atoms with Crippen LogP contribution in [-0.4, -0.2) is 48.1 Å². The molecule has 7 nitrogen and oxygen atoms in total. The van der Waals surface area contributed by atoms with Crippen LogP contribution in [0.15, 0.2) is 38.4 Å². The molecule has 2 aliphatic rings. The van der Waals surface area contributed by atoms with Crippen LogP contribution in [-0.2, 0) is 20.8 Å². The summed E-state index contributed by atoms with van der Waals surface area (Å²) in [5.41, 5.74) is 8.33. The number of carbonyl (C=O) groups is 1. The van der Waals surface area contributed by atoms with E-state index < -0.39 is 6.62 Å². The molecule has 0 bridgehead atoms. The van der Waals surface area contributed by atoms with Gasteiger partial charge in [0, 0.05) is 35.2 Å². The molecule has 4 rings (SSSR count). The van der Waals surface area contributed by atoms with Crippen molar-refractivity contribution in [1.82, 2.24) is 4.48 Å². The van der Waals surface area contributed by atoms with Gasteiger partial charge in [0.1, 0.15) is 18.9 Å². The van der Waals surface area contributed by atoms with E-state index in [9.17, 15) is 4.79 Å². The van der Waals surface area contributed by atoms with Crippen LogP contribution >= 0.6 is 31.9 Å². The van der Waals surface area contributed by atoms with Crippen molar-refractivity contribution in [2.24, 2.45) is 0 Å². The quantitative estimate of drug-likeness (QED) is 0.282. The van der Waals surface area contributed by atoms with Gasteiger partial charge in [-0.25, -0.2) is 0 Å². The number of hydrogen-bond donors (Lipinski definition) is 0. The van der Waals surface area contributed by atoms with Crippen LogP contribution in [0.4, 0.5) is 0 Å². The van der Waals surface area contributed by atoms with Crippen molar-refractivity contribution in [2.45, 2.75) is 48.0 Å². The van der Waals surface area contributed by atoms with E-state index in [4.69, 9.17) is 18.9 Å². The van der Waals surface area contributed by atoms with Crippen LogP contribution in [0.3, 0.4) is 0 Å². The Morgan fingerprint density at radius 3 is 2.42 bits per heavy atom. The second-order valence-electron chi connectivity index (χ2n) is 9.30. The second kappa shape index (κ2) is 9.87. The van der Waals surface area contributed by atoms with Gasteiger partial charge in [0.2, 0.25) is 0 Å². The van der Waals surface area contributed by atoms with Crippen LogP contribution in [0.1, 0.15) is 43.3 Å². The van der Waals surface area contributed by atoms with E-state index in [1.165, 1.54) is 6.92 Å². The zero-order valence-corrected chi connectivity index (χ0v) is 25.1. The minimum atomic E-state index is -1.62. The topological polar surface area (TPSA) is 61.9 Å². The third kappa shape index (κ3) is 3.98. The fourth-order valence-electron chi connectivity index (χ4n) is 5.50. The summed E-state index contributed by atoms with van der Waals surface area (Å²) in [4.78, 5) is 11.5. The summed E-state index contributed by atoms with van der Waals surface area (Å²) in [6, 6.07) is 5.57. The van der Waals surface area contributed by atoms with Crippen LogP contribution in [0.2, 0.25) is 6.82 Å². The maximum Gasteiger partial charge on any atom is 0.512 e. The lowest BCUT2D eigenvalue weighted by molar-refractivity contribution is -0.357. The zero-order chi connectivity index (χ0) is 26.5. The zero-order valence-electron chi connectivity index (χ0n) is 21.9. The molecule has 10 heteroatoms. The number of para-hydroxylation sites is 1. The fraction of sp³-hybridized carbons (Fsp3) is 0.385. The van der Waals surface area contributed by atoms with E-state index in [0.717, 1.165) is 54.0 Å². The van der Waals surface area contributed by atoms with Crippen molar-refractivity contribution < 1.29 is 28.1 Å². The number of methoxy groups -OCH3 is 1. The van der Waals surface area contributed by atoms with Gasteiger partial charge in [-0.15, -0.1) is 0 Å².